The summed E-state index contributed by atoms with van der Waals surface area (Å²) >= 11 is 0. The molecule has 0 amide bonds. The van der Waals surface area contributed by atoms with Crippen LogP contribution in [-0.2, 0) is 10.0 Å². The van der Waals surface area contributed by atoms with E-state index >= 15 is 0 Å². The zero-order chi connectivity index (χ0) is 13.1. The minimum atomic E-state index is -3.87. The number of carbonyl (C=O) groups is 1. The van der Waals surface area contributed by atoms with Crippen molar-refractivity contribution in [2.24, 2.45) is 0 Å². The van der Waals surface area contributed by atoms with Gasteiger partial charge in [-0.2, -0.15) is 5.10 Å². The maximum Gasteiger partial charge on any atom is 0.357 e. The summed E-state index contributed by atoms with van der Waals surface area (Å²) in [6, 6.07) is 0. The first-order valence-electron chi connectivity index (χ1n) is 4.79. The Balaban J connectivity index is 3.10. The summed E-state index contributed by atoms with van der Waals surface area (Å²) in [4.78, 5) is 10.5. The molecule has 0 radical (unpaired) electrons. The SMILES string of the molecule is C=CCCNS(=O)(=O)c1c(C(=O)O)n[nH]c1C. The fourth-order valence-corrected chi connectivity index (χ4v) is 2.63. The molecule has 0 aliphatic carbocycles. The lowest BCUT2D eigenvalue weighted by Crippen LogP contribution is -2.26. The monoisotopic (exact) mass is 259 g/mol. The molecular weight excluding hydrogens is 246 g/mol. The van der Waals surface area contributed by atoms with Crippen LogP contribution in [0.15, 0.2) is 17.6 Å². The van der Waals surface area contributed by atoms with Gasteiger partial charge in [0.2, 0.25) is 10.0 Å². The Morgan fingerprint density at radius 3 is 2.82 bits per heavy atom. The molecule has 0 aliphatic rings. The smallest absolute Gasteiger partial charge is 0.357 e. The summed E-state index contributed by atoms with van der Waals surface area (Å²) in [5.74, 6) is -1.39. The third-order valence-corrected chi connectivity index (χ3v) is 3.62. The van der Waals surface area contributed by atoms with Gasteiger partial charge in [0.25, 0.3) is 0 Å². The van der Waals surface area contributed by atoms with Crippen LogP contribution in [0.1, 0.15) is 22.6 Å². The molecule has 1 aromatic heterocycles. The number of aromatic carboxylic acids is 1. The highest BCUT2D eigenvalue weighted by Crippen LogP contribution is 2.17. The molecule has 0 aromatic carbocycles. The van der Waals surface area contributed by atoms with E-state index in [1.165, 1.54) is 6.92 Å². The average Bonchev–Trinajstić information content (AvgIpc) is 2.61. The number of aromatic nitrogens is 2. The molecule has 0 spiro atoms. The number of sulfonamides is 1. The first kappa shape index (κ1) is 13.4. The average molecular weight is 259 g/mol. The molecule has 1 heterocycles. The predicted octanol–water partition coefficient (Wildman–Crippen LogP) is 0.271. The summed E-state index contributed by atoms with van der Waals surface area (Å²) in [7, 11) is -3.87. The molecule has 8 heteroatoms. The normalized spacial score (nSPS) is 11.4. The molecule has 7 nitrogen and oxygen atoms in total. The number of nitrogens with zero attached hydrogens (tertiary/aromatic N) is 1. The molecule has 0 unspecified atom stereocenters. The van der Waals surface area contributed by atoms with Crippen LogP contribution in [-0.4, -0.2) is 36.2 Å². The van der Waals surface area contributed by atoms with Crippen molar-refractivity contribution in [2.45, 2.75) is 18.2 Å². The van der Waals surface area contributed by atoms with Gasteiger partial charge in [0.05, 0.1) is 5.69 Å². The molecule has 94 valence electrons. The summed E-state index contributed by atoms with van der Waals surface area (Å²) in [6.45, 7) is 5.07. The van der Waals surface area contributed by atoms with Crippen LogP contribution in [0.25, 0.3) is 0 Å². The van der Waals surface area contributed by atoms with Gasteiger partial charge in [0.15, 0.2) is 5.69 Å². The van der Waals surface area contributed by atoms with Gasteiger partial charge < -0.3 is 5.11 Å². The molecule has 3 N–H and O–H groups in total. The van der Waals surface area contributed by atoms with Crippen molar-refractivity contribution in [1.82, 2.24) is 14.9 Å². The van der Waals surface area contributed by atoms with E-state index < -0.39 is 21.7 Å². The summed E-state index contributed by atoms with van der Waals surface area (Å²) < 4.78 is 26.0. The lowest BCUT2D eigenvalue weighted by molar-refractivity contribution is 0.0686. The number of aryl methyl sites for hydroxylation is 1. The quantitative estimate of drug-likeness (QED) is 0.501. The summed E-state index contributed by atoms with van der Waals surface area (Å²) in [5.41, 5.74) is -0.317. The number of carboxylic acids is 1. The van der Waals surface area contributed by atoms with E-state index in [1.807, 2.05) is 0 Å². The lowest BCUT2D eigenvalue weighted by atomic mass is 10.4. The van der Waals surface area contributed by atoms with Gasteiger partial charge in [0, 0.05) is 6.54 Å². The molecular formula is C9H13N3O4S. The van der Waals surface area contributed by atoms with Crippen LogP contribution in [0.4, 0.5) is 0 Å². The second kappa shape index (κ2) is 5.11. The first-order chi connectivity index (χ1) is 7.90. The Bertz CT molecular complexity index is 532. The second-order valence-corrected chi connectivity index (χ2v) is 5.01. The Morgan fingerprint density at radius 1 is 1.65 bits per heavy atom. The largest absolute Gasteiger partial charge is 0.476 e. The molecule has 1 rings (SSSR count). The van der Waals surface area contributed by atoms with Gasteiger partial charge >= 0.3 is 5.97 Å². The minimum Gasteiger partial charge on any atom is -0.476 e. The number of rotatable bonds is 6. The van der Waals surface area contributed by atoms with E-state index in [9.17, 15) is 13.2 Å². The van der Waals surface area contributed by atoms with Crippen LogP contribution in [0.3, 0.4) is 0 Å². The molecule has 0 bridgehead atoms. The highest BCUT2D eigenvalue weighted by Gasteiger charge is 2.27. The van der Waals surface area contributed by atoms with E-state index in [-0.39, 0.29) is 17.1 Å². The van der Waals surface area contributed by atoms with Crippen molar-refractivity contribution in [3.8, 4) is 0 Å². The molecule has 0 saturated carbocycles. The van der Waals surface area contributed by atoms with Crippen molar-refractivity contribution < 1.29 is 18.3 Å². The van der Waals surface area contributed by atoms with Crippen LogP contribution >= 0.6 is 0 Å². The number of hydrogen-bond acceptors (Lipinski definition) is 4. The van der Waals surface area contributed by atoms with Crippen molar-refractivity contribution >= 4 is 16.0 Å². The molecule has 0 fully saturated rings. The number of hydrogen-bond donors (Lipinski definition) is 3. The third kappa shape index (κ3) is 2.92. The first-order valence-corrected chi connectivity index (χ1v) is 6.27. The van der Waals surface area contributed by atoms with E-state index in [1.54, 1.807) is 6.08 Å². The summed E-state index contributed by atoms with van der Waals surface area (Å²) in [6.07, 6.45) is 2.02. The van der Waals surface area contributed by atoms with Gasteiger partial charge in [-0.3, -0.25) is 5.10 Å². The maximum atomic E-state index is 11.8. The van der Waals surface area contributed by atoms with Crippen LogP contribution in [0, 0.1) is 6.92 Å². The zero-order valence-corrected chi connectivity index (χ0v) is 10.0. The van der Waals surface area contributed by atoms with E-state index in [4.69, 9.17) is 5.11 Å². The standard InChI is InChI=1S/C9H13N3O4S/c1-3-4-5-10-17(15,16)8-6(2)11-12-7(8)9(13)14/h3,10H,1,4-5H2,2H3,(H,11,12)(H,13,14). The van der Waals surface area contributed by atoms with Gasteiger partial charge in [-0.05, 0) is 13.3 Å². The zero-order valence-electron chi connectivity index (χ0n) is 9.23. The fraction of sp³-hybridized carbons (Fsp3) is 0.333. The number of carboxylic acid groups (broad SMARTS) is 1. The van der Waals surface area contributed by atoms with Crippen LogP contribution in [0.5, 0.6) is 0 Å². The van der Waals surface area contributed by atoms with E-state index in [0.29, 0.717) is 6.42 Å². The molecule has 0 aliphatic heterocycles. The second-order valence-electron chi connectivity index (χ2n) is 3.31. The van der Waals surface area contributed by atoms with Crippen molar-refractivity contribution in [3.05, 3.63) is 24.0 Å². The van der Waals surface area contributed by atoms with Crippen LogP contribution in [0.2, 0.25) is 0 Å². The van der Waals surface area contributed by atoms with Crippen molar-refractivity contribution in [2.75, 3.05) is 6.54 Å². The van der Waals surface area contributed by atoms with E-state index in [2.05, 4.69) is 21.5 Å². The topological polar surface area (TPSA) is 112 Å². The fourth-order valence-electron chi connectivity index (χ4n) is 1.26. The molecule has 17 heavy (non-hydrogen) atoms. The van der Waals surface area contributed by atoms with Gasteiger partial charge in [-0.1, -0.05) is 6.08 Å². The lowest BCUT2D eigenvalue weighted by Gasteiger charge is -2.05. The molecule has 0 saturated heterocycles. The van der Waals surface area contributed by atoms with Crippen LogP contribution < -0.4 is 4.72 Å². The Morgan fingerprint density at radius 2 is 2.29 bits per heavy atom. The maximum absolute atomic E-state index is 11.8. The highest BCUT2D eigenvalue weighted by molar-refractivity contribution is 7.89. The predicted molar refractivity (Wildman–Crippen MR) is 60.3 cm³/mol. The number of H-pyrrole nitrogens is 1. The van der Waals surface area contributed by atoms with Gasteiger partial charge in [0.1, 0.15) is 4.90 Å². The Hall–Kier alpha value is -1.67. The van der Waals surface area contributed by atoms with Gasteiger partial charge in [-0.25, -0.2) is 17.9 Å². The molecule has 0 atom stereocenters. The molecule has 1 aromatic rings. The Kier molecular flexibility index (Phi) is 4.02. The van der Waals surface area contributed by atoms with E-state index in [0.717, 1.165) is 0 Å². The highest BCUT2D eigenvalue weighted by atomic mass is 32.2. The van der Waals surface area contributed by atoms with Crippen molar-refractivity contribution in [1.29, 1.82) is 0 Å². The minimum absolute atomic E-state index is 0.162. The number of nitrogens with one attached hydrogen (secondary N) is 2. The Labute approximate surface area is 98.6 Å². The number of aromatic amines is 1. The third-order valence-electron chi connectivity index (χ3n) is 2.00. The van der Waals surface area contributed by atoms with Crippen molar-refractivity contribution in [3.63, 3.8) is 0 Å². The van der Waals surface area contributed by atoms with Gasteiger partial charge in [-0.15, -0.1) is 6.58 Å². The summed E-state index contributed by atoms with van der Waals surface area (Å²) in [5, 5.41) is 14.6.